The highest BCUT2D eigenvalue weighted by atomic mass is 16.5. The summed E-state index contributed by atoms with van der Waals surface area (Å²) in [6, 6.07) is 14.0. The van der Waals surface area contributed by atoms with Crippen LogP contribution in [0.1, 0.15) is 60.7 Å². The number of hydrogen-bond acceptors (Lipinski definition) is 9. The molecule has 51 heavy (non-hydrogen) atoms. The number of allylic oxidation sites excluding steroid dienone is 2. The standard InChI is InChI=1S/C40H48N4O7/c1-8-26(3)12-32(43-25-45)21-42-35-19-39(37(48-6)13-27(35)4)51-24-30-14-29(16-34(17-30)47-5)23-50-36-11-10-31(18-38(36)49-7)40(46)44-22-28(9-2)15-33(44)20-41/h8-11,13-14,16-21,25,32-33,41H,12,15,22-24H2,1-7H3,(H,43,45)/b26-8-,28-9+,41-20?,42-21?. The highest BCUT2D eigenvalue weighted by Gasteiger charge is 2.31. The molecule has 3 aromatic rings. The number of nitrogens with one attached hydrogen (secondary N) is 2. The van der Waals surface area contributed by atoms with E-state index in [1.807, 2.05) is 70.2 Å². The third-order valence-corrected chi connectivity index (χ3v) is 8.76. The summed E-state index contributed by atoms with van der Waals surface area (Å²) in [4.78, 5) is 30.9. The van der Waals surface area contributed by atoms with Crippen LogP contribution in [0.25, 0.3) is 0 Å². The molecule has 0 aliphatic carbocycles. The number of aryl methyl sites for hydroxylation is 1. The summed E-state index contributed by atoms with van der Waals surface area (Å²) in [5, 5.41) is 10.6. The van der Waals surface area contributed by atoms with E-state index in [1.54, 1.807) is 43.5 Å². The average Bonchev–Trinajstić information content (AvgIpc) is 3.59. The lowest BCUT2D eigenvalue weighted by Gasteiger charge is -2.21. The number of nitrogens with zero attached hydrogens (tertiary/aromatic N) is 2. The molecule has 11 nitrogen and oxygen atoms in total. The van der Waals surface area contributed by atoms with E-state index in [1.165, 1.54) is 13.3 Å². The average molecular weight is 697 g/mol. The summed E-state index contributed by atoms with van der Waals surface area (Å²) in [7, 11) is 4.72. The van der Waals surface area contributed by atoms with Crippen LogP contribution in [0.2, 0.25) is 0 Å². The minimum atomic E-state index is -0.262. The summed E-state index contributed by atoms with van der Waals surface area (Å²) in [6.07, 6.45) is 9.07. The SMILES string of the molecule is C/C=C(/C)CC(C=Nc1cc(OCc2cc(COc3ccc(C(=O)N4C/C(=C/C)CC4C=N)cc3OC)cc(OC)c2)c(OC)cc1C)NC=O. The van der Waals surface area contributed by atoms with E-state index in [-0.39, 0.29) is 31.2 Å². The van der Waals surface area contributed by atoms with Crippen LogP contribution in [0.15, 0.2) is 76.8 Å². The molecule has 1 saturated heterocycles. The van der Waals surface area contributed by atoms with Gasteiger partial charge in [-0.1, -0.05) is 23.3 Å². The Balaban J connectivity index is 1.49. The van der Waals surface area contributed by atoms with E-state index < -0.39 is 0 Å². The maximum Gasteiger partial charge on any atom is 0.254 e. The smallest absolute Gasteiger partial charge is 0.254 e. The van der Waals surface area contributed by atoms with Crippen LogP contribution >= 0.6 is 0 Å². The van der Waals surface area contributed by atoms with Gasteiger partial charge in [-0.05, 0) is 99.7 Å². The number of aliphatic imine (C=N–C) groups is 1. The third kappa shape index (κ3) is 10.00. The fourth-order valence-electron chi connectivity index (χ4n) is 5.72. The van der Waals surface area contributed by atoms with Crippen molar-refractivity contribution in [2.75, 3.05) is 27.9 Å². The lowest BCUT2D eigenvalue weighted by Crippen LogP contribution is -2.36. The first-order chi connectivity index (χ1) is 24.7. The largest absolute Gasteiger partial charge is 0.497 e. The second-order valence-corrected chi connectivity index (χ2v) is 12.2. The zero-order valence-corrected chi connectivity index (χ0v) is 30.4. The van der Waals surface area contributed by atoms with E-state index in [9.17, 15) is 9.59 Å². The van der Waals surface area contributed by atoms with Gasteiger partial charge in [-0.2, -0.15) is 0 Å². The Bertz CT molecular complexity index is 1800. The molecular weight excluding hydrogens is 648 g/mol. The first-order valence-corrected chi connectivity index (χ1v) is 16.8. The Hall–Kier alpha value is -5.58. The van der Waals surface area contributed by atoms with Gasteiger partial charge in [0.1, 0.15) is 19.0 Å². The number of amides is 2. The molecule has 2 amide bonds. The molecule has 1 aliphatic rings. The Kier molecular flexibility index (Phi) is 13.8. The molecule has 270 valence electrons. The van der Waals surface area contributed by atoms with Gasteiger partial charge in [0.25, 0.3) is 5.91 Å². The molecule has 2 N–H and O–H groups in total. The van der Waals surface area contributed by atoms with Crippen molar-refractivity contribution < 1.29 is 33.3 Å². The molecule has 0 bridgehead atoms. The van der Waals surface area contributed by atoms with Crippen LogP contribution < -0.4 is 29.0 Å². The molecule has 0 aromatic heterocycles. The normalized spacial score (nSPS) is 15.8. The molecular formula is C40H48N4O7. The quantitative estimate of drug-likeness (QED) is 0.0870. The highest BCUT2D eigenvalue weighted by molar-refractivity contribution is 5.97. The molecule has 0 saturated carbocycles. The first kappa shape index (κ1) is 38.2. The number of carbonyl (C=O) groups excluding carboxylic acids is 2. The molecule has 1 aliphatic heterocycles. The third-order valence-electron chi connectivity index (χ3n) is 8.76. The Morgan fingerprint density at radius 2 is 1.65 bits per heavy atom. The number of carbonyl (C=O) groups is 2. The lowest BCUT2D eigenvalue weighted by molar-refractivity contribution is -0.109. The van der Waals surface area contributed by atoms with Gasteiger partial charge in [-0.3, -0.25) is 14.6 Å². The van der Waals surface area contributed by atoms with E-state index >= 15 is 0 Å². The maximum atomic E-state index is 13.4. The molecule has 11 heteroatoms. The molecule has 2 atom stereocenters. The van der Waals surface area contributed by atoms with E-state index in [4.69, 9.17) is 29.1 Å². The Labute approximate surface area is 300 Å². The van der Waals surface area contributed by atoms with Gasteiger partial charge >= 0.3 is 0 Å². The number of methoxy groups -OCH3 is 3. The Morgan fingerprint density at radius 3 is 2.25 bits per heavy atom. The van der Waals surface area contributed by atoms with Gasteiger partial charge < -0.3 is 39.3 Å². The molecule has 1 heterocycles. The van der Waals surface area contributed by atoms with Crippen molar-refractivity contribution in [2.24, 2.45) is 4.99 Å². The van der Waals surface area contributed by atoms with E-state index in [0.29, 0.717) is 65.8 Å². The van der Waals surface area contributed by atoms with Crippen molar-refractivity contribution in [3.63, 3.8) is 0 Å². The van der Waals surface area contributed by atoms with Crippen molar-refractivity contribution >= 4 is 30.4 Å². The summed E-state index contributed by atoms with van der Waals surface area (Å²) < 4.78 is 29.2. The van der Waals surface area contributed by atoms with Gasteiger partial charge in [0.05, 0.1) is 39.1 Å². The predicted molar refractivity (Wildman–Crippen MR) is 200 cm³/mol. The monoisotopic (exact) mass is 696 g/mol. The number of hydrogen-bond donors (Lipinski definition) is 2. The number of rotatable bonds is 17. The molecule has 3 aromatic carbocycles. The van der Waals surface area contributed by atoms with Crippen molar-refractivity contribution in [3.8, 4) is 28.7 Å². The van der Waals surface area contributed by atoms with Gasteiger partial charge in [-0.25, -0.2) is 0 Å². The number of benzene rings is 3. The van der Waals surface area contributed by atoms with Crippen LogP contribution in [0.5, 0.6) is 28.7 Å². The van der Waals surface area contributed by atoms with Crippen molar-refractivity contribution in [3.05, 3.63) is 94.1 Å². The minimum Gasteiger partial charge on any atom is -0.497 e. The van der Waals surface area contributed by atoms with Gasteiger partial charge in [0.2, 0.25) is 6.41 Å². The molecule has 1 fully saturated rings. The van der Waals surface area contributed by atoms with Crippen LogP contribution in [-0.4, -0.2) is 69.6 Å². The summed E-state index contributed by atoms with van der Waals surface area (Å²) >= 11 is 0. The predicted octanol–water partition coefficient (Wildman–Crippen LogP) is 7.16. The topological polar surface area (TPSA) is 132 Å². The molecule has 2 unspecified atom stereocenters. The number of likely N-dealkylation sites (tertiary alicyclic amines) is 1. The second kappa shape index (κ2) is 18.4. The lowest BCUT2D eigenvalue weighted by atomic mass is 10.1. The van der Waals surface area contributed by atoms with Crippen LogP contribution in [0, 0.1) is 12.3 Å². The van der Waals surface area contributed by atoms with E-state index in [2.05, 4.69) is 10.3 Å². The minimum absolute atomic E-state index is 0.162. The summed E-state index contributed by atoms with van der Waals surface area (Å²) in [5.74, 6) is 2.48. The fourth-order valence-corrected chi connectivity index (χ4v) is 5.72. The first-order valence-electron chi connectivity index (χ1n) is 16.8. The van der Waals surface area contributed by atoms with Gasteiger partial charge in [0.15, 0.2) is 23.0 Å². The fraction of sp³-hybridized carbons (Fsp3) is 0.350. The van der Waals surface area contributed by atoms with Crippen LogP contribution in [-0.2, 0) is 18.0 Å². The van der Waals surface area contributed by atoms with E-state index in [0.717, 1.165) is 27.8 Å². The Morgan fingerprint density at radius 1 is 0.961 bits per heavy atom. The van der Waals surface area contributed by atoms with Crippen LogP contribution in [0.4, 0.5) is 5.69 Å². The van der Waals surface area contributed by atoms with Crippen LogP contribution in [0.3, 0.4) is 0 Å². The number of ether oxygens (including phenoxy) is 5. The summed E-state index contributed by atoms with van der Waals surface area (Å²) in [6.45, 7) is 8.78. The summed E-state index contributed by atoms with van der Waals surface area (Å²) in [5.41, 5.74) is 6.01. The second-order valence-electron chi connectivity index (χ2n) is 12.2. The maximum absolute atomic E-state index is 13.4. The van der Waals surface area contributed by atoms with Crippen molar-refractivity contribution in [2.45, 2.75) is 65.8 Å². The van der Waals surface area contributed by atoms with Crippen molar-refractivity contribution in [1.29, 1.82) is 5.41 Å². The van der Waals surface area contributed by atoms with Gasteiger partial charge in [-0.15, -0.1) is 0 Å². The molecule has 0 radical (unpaired) electrons. The van der Waals surface area contributed by atoms with Crippen molar-refractivity contribution in [1.82, 2.24) is 10.2 Å². The highest BCUT2D eigenvalue weighted by Crippen LogP contribution is 2.36. The molecule has 4 rings (SSSR count). The molecule has 0 spiro atoms. The van der Waals surface area contributed by atoms with Gasteiger partial charge in [0, 0.05) is 30.6 Å². The zero-order chi connectivity index (χ0) is 36.9. The zero-order valence-electron chi connectivity index (χ0n) is 30.4.